The molecule has 0 spiro atoms. The first-order valence-electron chi connectivity index (χ1n) is 15.3. The summed E-state index contributed by atoms with van der Waals surface area (Å²) in [4.78, 5) is 0. The monoisotopic (exact) mass is 574 g/mol. The van der Waals surface area contributed by atoms with Crippen molar-refractivity contribution in [1.82, 2.24) is 5.32 Å². The lowest BCUT2D eigenvalue weighted by Gasteiger charge is -2.26. The van der Waals surface area contributed by atoms with Crippen LogP contribution in [-0.2, 0) is 0 Å². The molecule has 212 valence electrons. The number of rotatable bonds is 5. The number of hydrogen-bond donors (Lipinski definition) is 2. The molecular formula is C43H30N2. The van der Waals surface area contributed by atoms with Crippen molar-refractivity contribution in [2.45, 2.75) is 0 Å². The highest BCUT2D eigenvalue weighted by molar-refractivity contribution is 6.39. The molecule has 1 aliphatic heterocycles. The van der Waals surface area contributed by atoms with Crippen LogP contribution in [0.3, 0.4) is 0 Å². The average molecular weight is 575 g/mol. The van der Waals surface area contributed by atoms with E-state index in [1.807, 2.05) is 24.3 Å². The summed E-state index contributed by atoms with van der Waals surface area (Å²) in [6.07, 6.45) is 2.20. The number of hydrogen-bond acceptors (Lipinski definition) is 2. The molecule has 0 bridgehead atoms. The van der Waals surface area contributed by atoms with Crippen LogP contribution in [0.15, 0.2) is 164 Å². The Hall–Kier alpha value is -5.99. The van der Waals surface area contributed by atoms with Gasteiger partial charge >= 0.3 is 0 Å². The quantitative estimate of drug-likeness (QED) is 0.197. The predicted molar refractivity (Wildman–Crippen MR) is 191 cm³/mol. The Bertz CT molecular complexity index is 2290. The average Bonchev–Trinajstić information content (AvgIpc) is 3.12. The van der Waals surface area contributed by atoms with Crippen LogP contribution >= 0.6 is 0 Å². The van der Waals surface area contributed by atoms with Gasteiger partial charge in [-0.25, -0.2) is 0 Å². The van der Waals surface area contributed by atoms with Crippen LogP contribution < -0.4 is 5.32 Å². The SMILES string of the molecule is N=C(/C(=C1\NC(c2ccccc2)=Cc2ccccc21)c1ccccc1)c1ccc(-c2cccc3ccccc23)c2ccccc12. The minimum atomic E-state index is 0.480. The maximum absolute atomic E-state index is 9.94. The number of benzene rings is 7. The molecular weight excluding hydrogens is 544 g/mol. The van der Waals surface area contributed by atoms with E-state index in [9.17, 15) is 5.41 Å². The summed E-state index contributed by atoms with van der Waals surface area (Å²) in [6.45, 7) is 0. The second kappa shape index (κ2) is 11.3. The summed E-state index contributed by atoms with van der Waals surface area (Å²) >= 11 is 0. The van der Waals surface area contributed by atoms with Gasteiger partial charge in [0.05, 0.1) is 11.4 Å². The van der Waals surface area contributed by atoms with Crippen molar-refractivity contribution in [2.24, 2.45) is 0 Å². The van der Waals surface area contributed by atoms with Gasteiger partial charge in [0, 0.05) is 22.4 Å². The van der Waals surface area contributed by atoms with Gasteiger partial charge in [0.1, 0.15) is 0 Å². The van der Waals surface area contributed by atoms with Crippen molar-refractivity contribution in [3.05, 3.63) is 192 Å². The van der Waals surface area contributed by atoms with Crippen LogP contribution in [-0.4, -0.2) is 5.71 Å². The van der Waals surface area contributed by atoms with Crippen LogP contribution in [0.5, 0.6) is 0 Å². The summed E-state index contributed by atoms with van der Waals surface area (Å²) in [7, 11) is 0. The highest BCUT2D eigenvalue weighted by Gasteiger charge is 2.24. The van der Waals surface area contributed by atoms with Crippen molar-refractivity contribution in [2.75, 3.05) is 0 Å². The fraction of sp³-hybridized carbons (Fsp3) is 0. The van der Waals surface area contributed by atoms with E-state index in [0.29, 0.717) is 5.71 Å². The normalized spacial score (nSPS) is 13.6. The van der Waals surface area contributed by atoms with E-state index in [2.05, 4.69) is 151 Å². The lowest BCUT2D eigenvalue weighted by molar-refractivity contribution is 1.22. The molecule has 0 aromatic heterocycles. The van der Waals surface area contributed by atoms with Gasteiger partial charge in [0.2, 0.25) is 0 Å². The smallest absolute Gasteiger partial charge is 0.0717 e. The Labute approximate surface area is 263 Å². The summed E-state index contributed by atoms with van der Waals surface area (Å²) in [5.74, 6) is 0. The molecule has 8 rings (SSSR count). The molecule has 0 unspecified atom stereocenters. The van der Waals surface area contributed by atoms with Crippen molar-refractivity contribution in [3.63, 3.8) is 0 Å². The topological polar surface area (TPSA) is 35.9 Å². The van der Waals surface area contributed by atoms with Crippen molar-refractivity contribution < 1.29 is 0 Å². The summed E-state index contributed by atoms with van der Waals surface area (Å²) in [5, 5.41) is 18.4. The van der Waals surface area contributed by atoms with Gasteiger partial charge in [0.15, 0.2) is 0 Å². The van der Waals surface area contributed by atoms with Gasteiger partial charge in [-0.1, -0.05) is 164 Å². The lowest BCUT2D eigenvalue weighted by Crippen LogP contribution is -2.20. The van der Waals surface area contributed by atoms with Crippen LogP contribution in [0, 0.1) is 5.41 Å². The fourth-order valence-corrected chi connectivity index (χ4v) is 6.58. The van der Waals surface area contributed by atoms with Crippen LogP contribution in [0.1, 0.15) is 27.8 Å². The molecule has 2 heteroatoms. The van der Waals surface area contributed by atoms with Crippen LogP contribution in [0.2, 0.25) is 0 Å². The zero-order valence-electron chi connectivity index (χ0n) is 24.7. The number of nitrogens with one attached hydrogen (secondary N) is 2. The number of allylic oxidation sites excluding steroid dienone is 1. The Morgan fingerprint density at radius 1 is 0.467 bits per heavy atom. The standard InChI is InChI=1S/C43H30N2/c44-42(39-27-26-38(36-23-11-12-24-37(36)39)35-25-13-20-29-14-7-9-21-33(29)35)41(31-17-5-2-6-18-31)43-34-22-10-8-19-32(34)28-40(45-43)30-15-3-1-4-16-30/h1-28,44-45H/b43-41-,44-42?. The van der Waals surface area contributed by atoms with Crippen molar-refractivity contribution >= 4 is 50.3 Å². The minimum Gasteiger partial charge on any atom is -0.354 e. The molecule has 0 radical (unpaired) electrons. The molecule has 7 aromatic rings. The molecule has 2 N–H and O–H groups in total. The molecule has 0 atom stereocenters. The first-order chi connectivity index (χ1) is 22.3. The predicted octanol–water partition coefficient (Wildman–Crippen LogP) is 10.7. The zero-order chi connectivity index (χ0) is 30.2. The van der Waals surface area contributed by atoms with E-state index in [-0.39, 0.29) is 0 Å². The second-order valence-electron chi connectivity index (χ2n) is 11.4. The zero-order valence-corrected chi connectivity index (χ0v) is 24.7. The summed E-state index contributed by atoms with van der Waals surface area (Å²) < 4.78 is 0. The van der Waals surface area contributed by atoms with E-state index in [0.717, 1.165) is 55.6 Å². The first kappa shape index (κ1) is 26.6. The third-order valence-corrected chi connectivity index (χ3v) is 8.71. The Kier molecular flexibility index (Phi) is 6.66. The molecule has 1 heterocycles. The van der Waals surface area contributed by atoms with E-state index in [4.69, 9.17) is 0 Å². The lowest BCUT2D eigenvalue weighted by atomic mass is 9.85. The van der Waals surface area contributed by atoms with E-state index in [1.165, 1.54) is 21.9 Å². The Morgan fingerprint density at radius 3 is 1.89 bits per heavy atom. The Morgan fingerprint density at radius 2 is 1.07 bits per heavy atom. The Balaban J connectivity index is 1.36. The molecule has 45 heavy (non-hydrogen) atoms. The maximum Gasteiger partial charge on any atom is 0.0717 e. The second-order valence-corrected chi connectivity index (χ2v) is 11.4. The van der Waals surface area contributed by atoms with Gasteiger partial charge in [0.25, 0.3) is 0 Å². The molecule has 0 saturated carbocycles. The molecule has 1 aliphatic rings. The highest BCUT2D eigenvalue weighted by Crippen LogP contribution is 2.39. The van der Waals surface area contributed by atoms with E-state index < -0.39 is 0 Å². The molecule has 0 saturated heterocycles. The maximum atomic E-state index is 9.94. The molecule has 7 aromatic carbocycles. The molecule has 0 aliphatic carbocycles. The van der Waals surface area contributed by atoms with Gasteiger partial charge in [-0.05, 0) is 55.4 Å². The van der Waals surface area contributed by atoms with Crippen molar-refractivity contribution in [3.8, 4) is 11.1 Å². The van der Waals surface area contributed by atoms with Gasteiger partial charge in [-0.15, -0.1) is 0 Å². The molecule has 0 amide bonds. The summed E-state index contributed by atoms with van der Waals surface area (Å²) in [5.41, 5.74) is 10.9. The first-order valence-corrected chi connectivity index (χ1v) is 15.3. The van der Waals surface area contributed by atoms with Crippen LogP contribution in [0.4, 0.5) is 0 Å². The summed E-state index contributed by atoms with van der Waals surface area (Å²) in [6, 6.07) is 57.1. The van der Waals surface area contributed by atoms with E-state index in [1.54, 1.807) is 0 Å². The van der Waals surface area contributed by atoms with Gasteiger partial charge in [-0.3, -0.25) is 5.41 Å². The third-order valence-electron chi connectivity index (χ3n) is 8.71. The largest absolute Gasteiger partial charge is 0.354 e. The number of fused-ring (bicyclic) bond motifs is 3. The third kappa shape index (κ3) is 4.74. The van der Waals surface area contributed by atoms with Crippen LogP contribution in [0.25, 0.3) is 55.7 Å². The van der Waals surface area contributed by atoms with Gasteiger partial charge in [-0.2, -0.15) is 0 Å². The highest BCUT2D eigenvalue weighted by atomic mass is 14.9. The minimum absolute atomic E-state index is 0.480. The van der Waals surface area contributed by atoms with Gasteiger partial charge < -0.3 is 5.32 Å². The van der Waals surface area contributed by atoms with Crippen molar-refractivity contribution in [1.29, 1.82) is 5.41 Å². The fourth-order valence-electron chi connectivity index (χ4n) is 6.58. The molecule has 2 nitrogen and oxygen atoms in total. The molecule has 0 fully saturated rings. The van der Waals surface area contributed by atoms with E-state index >= 15 is 0 Å².